The number of aromatic hydroxyl groups is 1. The van der Waals surface area contributed by atoms with Gasteiger partial charge in [0, 0.05) is 11.9 Å². The quantitative estimate of drug-likeness (QED) is 0.705. The summed E-state index contributed by atoms with van der Waals surface area (Å²) in [6.45, 7) is 0. The minimum absolute atomic E-state index is 0.00424. The highest BCUT2D eigenvalue weighted by atomic mass is 32.2. The molecule has 0 amide bonds. The Bertz CT molecular complexity index is 449. The Balaban J connectivity index is 2.09. The number of rotatable bonds is 2. The summed E-state index contributed by atoms with van der Waals surface area (Å²) in [5.41, 5.74) is 0. The van der Waals surface area contributed by atoms with E-state index in [9.17, 15) is 9.90 Å². The standard InChI is InChI=1S/C9H9N3O3S/c13-6-2-1-3-10-7(6)12-9-11-5(4-16-9)8(14)15/h1-3,5,13H,4H2,(H,14,15)(H,10,11,12)/t5-/m1/s1. The van der Waals surface area contributed by atoms with E-state index >= 15 is 0 Å². The largest absolute Gasteiger partial charge is 0.504 e. The molecule has 0 saturated carbocycles. The van der Waals surface area contributed by atoms with E-state index in [1.54, 1.807) is 6.07 Å². The molecule has 6 nitrogen and oxygen atoms in total. The van der Waals surface area contributed by atoms with Gasteiger partial charge >= 0.3 is 5.97 Å². The van der Waals surface area contributed by atoms with Crippen molar-refractivity contribution in [2.24, 2.45) is 4.99 Å². The third-order valence-electron chi connectivity index (χ3n) is 1.95. The first kappa shape index (κ1) is 10.7. The second-order valence-corrected chi connectivity index (χ2v) is 4.10. The van der Waals surface area contributed by atoms with E-state index in [-0.39, 0.29) is 11.6 Å². The second kappa shape index (κ2) is 4.40. The Labute approximate surface area is 95.4 Å². The molecular formula is C9H9N3O3S. The third kappa shape index (κ3) is 2.25. The van der Waals surface area contributed by atoms with Gasteiger partial charge in [0.2, 0.25) is 0 Å². The zero-order valence-corrected chi connectivity index (χ0v) is 8.94. The van der Waals surface area contributed by atoms with Gasteiger partial charge in [-0.05, 0) is 12.1 Å². The number of pyridine rings is 1. The van der Waals surface area contributed by atoms with Crippen molar-refractivity contribution in [3.63, 3.8) is 0 Å². The number of aliphatic imine (C=N–C) groups is 1. The highest BCUT2D eigenvalue weighted by molar-refractivity contribution is 8.14. The van der Waals surface area contributed by atoms with E-state index in [1.165, 1.54) is 24.0 Å². The van der Waals surface area contributed by atoms with Crippen molar-refractivity contribution in [3.8, 4) is 5.75 Å². The molecule has 2 rings (SSSR count). The Morgan fingerprint density at radius 1 is 1.62 bits per heavy atom. The predicted octanol–water partition coefficient (Wildman–Crippen LogP) is 0.755. The maximum Gasteiger partial charge on any atom is 0.329 e. The summed E-state index contributed by atoms with van der Waals surface area (Å²) in [5, 5.41) is 21.4. The molecule has 0 aromatic carbocycles. The third-order valence-corrected chi connectivity index (χ3v) is 2.91. The number of carbonyl (C=O) groups is 1. The molecule has 1 aliphatic rings. The van der Waals surface area contributed by atoms with Gasteiger partial charge in [-0.3, -0.25) is 0 Å². The lowest BCUT2D eigenvalue weighted by molar-refractivity contribution is -0.137. The zero-order valence-electron chi connectivity index (χ0n) is 8.12. The molecule has 0 saturated heterocycles. The fourth-order valence-corrected chi connectivity index (χ4v) is 2.07. The molecule has 0 unspecified atom stereocenters. The van der Waals surface area contributed by atoms with Crippen LogP contribution in [0.15, 0.2) is 23.3 Å². The maximum atomic E-state index is 10.7. The van der Waals surface area contributed by atoms with Crippen molar-refractivity contribution >= 4 is 28.7 Å². The molecule has 1 atom stereocenters. The van der Waals surface area contributed by atoms with E-state index in [4.69, 9.17) is 5.11 Å². The zero-order chi connectivity index (χ0) is 11.5. The molecule has 0 spiro atoms. The molecule has 0 bridgehead atoms. The first-order valence-electron chi connectivity index (χ1n) is 4.51. The highest BCUT2D eigenvalue weighted by Crippen LogP contribution is 2.24. The van der Waals surface area contributed by atoms with Crippen molar-refractivity contribution in [2.45, 2.75) is 6.04 Å². The number of amidine groups is 1. The molecule has 0 radical (unpaired) electrons. The Morgan fingerprint density at radius 3 is 3.06 bits per heavy atom. The van der Waals surface area contributed by atoms with E-state index < -0.39 is 12.0 Å². The van der Waals surface area contributed by atoms with E-state index in [1.807, 2.05) is 0 Å². The lowest BCUT2D eigenvalue weighted by Crippen LogP contribution is -2.17. The molecular weight excluding hydrogens is 230 g/mol. The van der Waals surface area contributed by atoms with Crippen LogP contribution in [0.25, 0.3) is 0 Å². The molecule has 0 aliphatic carbocycles. The summed E-state index contributed by atoms with van der Waals surface area (Å²) in [5.74, 6) is -0.274. The summed E-state index contributed by atoms with van der Waals surface area (Å²) in [6.07, 6.45) is 1.52. The molecule has 2 heterocycles. The number of carboxylic acid groups (broad SMARTS) is 1. The number of aliphatic carboxylic acids is 1. The van der Waals surface area contributed by atoms with Crippen LogP contribution in [-0.2, 0) is 4.79 Å². The average Bonchev–Trinajstić information content (AvgIpc) is 2.70. The van der Waals surface area contributed by atoms with E-state index in [2.05, 4.69) is 15.3 Å². The van der Waals surface area contributed by atoms with Gasteiger partial charge in [0.25, 0.3) is 0 Å². The number of nitrogens with one attached hydrogen (secondary N) is 1. The number of anilines is 1. The predicted molar refractivity (Wildman–Crippen MR) is 60.8 cm³/mol. The first-order chi connectivity index (χ1) is 7.66. The van der Waals surface area contributed by atoms with Crippen LogP contribution >= 0.6 is 11.8 Å². The van der Waals surface area contributed by atoms with Crippen molar-refractivity contribution < 1.29 is 15.0 Å². The smallest absolute Gasteiger partial charge is 0.329 e. The van der Waals surface area contributed by atoms with Crippen molar-refractivity contribution in [1.29, 1.82) is 0 Å². The Morgan fingerprint density at radius 2 is 2.44 bits per heavy atom. The number of thioether (sulfide) groups is 1. The minimum Gasteiger partial charge on any atom is -0.504 e. The topological polar surface area (TPSA) is 94.8 Å². The molecule has 16 heavy (non-hydrogen) atoms. The molecule has 1 aliphatic heterocycles. The summed E-state index contributed by atoms with van der Waals surface area (Å²) < 4.78 is 0. The lowest BCUT2D eigenvalue weighted by atomic mass is 10.4. The summed E-state index contributed by atoms with van der Waals surface area (Å²) in [4.78, 5) is 18.5. The molecule has 84 valence electrons. The van der Waals surface area contributed by atoms with Gasteiger partial charge in [-0.15, -0.1) is 0 Å². The molecule has 7 heteroatoms. The fraction of sp³-hybridized carbons (Fsp3) is 0.222. The van der Waals surface area contributed by atoms with Crippen LogP contribution in [-0.4, -0.2) is 38.1 Å². The van der Waals surface area contributed by atoms with E-state index in [0.29, 0.717) is 10.9 Å². The van der Waals surface area contributed by atoms with Gasteiger partial charge in [-0.2, -0.15) is 0 Å². The van der Waals surface area contributed by atoms with Gasteiger partial charge in [-0.25, -0.2) is 14.8 Å². The van der Waals surface area contributed by atoms with Crippen LogP contribution in [0, 0.1) is 0 Å². The molecule has 1 aromatic heterocycles. The monoisotopic (exact) mass is 239 g/mol. The van der Waals surface area contributed by atoms with Crippen LogP contribution in [0.1, 0.15) is 0 Å². The van der Waals surface area contributed by atoms with Crippen molar-refractivity contribution in [3.05, 3.63) is 18.3 Å². The van der Waals surface area contributed by atoms with Crippen LogP contribution in [0.5, 0.6) is 5.75 Å². The fourth-order valence-electron chi connectivity index (χ4n) is 1.16. The summed E-state index contributed by atoms with van der Waals surface area (Å²) >= 11 is 1.29. The molecule has 0 fully saturated rings. The maximum absolute atomic E-state index is 10.7. The van der Waals surface area contributed by atoms with Gasteiger partial charge in [0.1, 0.15) is 0 Å². The molecule has 3 N–H and O–H groups in total. The minimum atomic E-state index is -0.949. The van der Waals surface area contributed by atoms with Gasteiger partial charge in [0.05, 0.1) is 0 Å². The number of hydrogen-bond donors (Lipinski definition) is 3. The summed E-state index contributed by atoms with van der Waals surface area (Å²) in [7, 11) is 0. The Kier molecular flexibility index (Phi) is 2.95. The van der Waals surface area contributed by atoms with Gasteiger partial charge < -0.3 is 15.5 Å². The lowest BCUT2D eigenvalue weighted by Gasteiger charge is -2.04. The number of hydrogen-bond acceptors (Lipinski definition) is 6. The van der Waals surface area contributed by atoms with Gasteiger partial charge in [0.15, 0.2) is 22.8 Å². The number of aromatic nitrogens is 1. The summed E-state index contributed by atoms with van der Waals surface area (Å²) in [6, 6.07) is 2.37. The van der Waals surface area contributed by atoms with Crippen LogP contribution in [0.3, 0.4) is 0 Å². The average molecular weight is 239 g/mol. The van der Waals surface area contributed by atoms with Crippen LogP contribution in [0.2, 0.25) is 0 Å². The normalized spacial score (nSPS) is 19.2. The SMILES string of the molecule is O=C(O)[C@H]1CSC(Nc2ncccc2O)=N1. The second-order valence-electron chi connectivity index (χ2n) is 3.10. The highest BCUT2D eigenvalue weighted by Gasteiger charge is 2.24. The van der Waals surface area contributed by atoms with Crippen molar-refractivity contribution in [2.75, 3.05) is 11.1 Å². The van der Waals surface area contributed by atoms with Crippen molar-refractivity contribution in [1.82, 2.24) is 4.98 Å². The molecule has 1 aromatic rings. The van der Waals surface area contributed by atoms with Crippen LogP contribution in [0.4, 0.5) is 5.82 Å². The number of nitrogens with zero attached hydrogens (tertiary/aromatic N) is 2. The van der Waals surface area contributed by atoms with Crippen LogP contribution < -0.4 is 5.32 Å². The first-order valence-corrected chi connectivity index (χ1v) is 5.50. The number of carboxylic acids is 1. The Hall–Kier alpha value is -1.76. The van der Waals surface area contributed by atoms with Gasteiger partial charge in [-0.1, -0.05) is 11.8 Å². The van der Waals surface area contributed by atoms with E-state index in [0.717, 1.165) is 0 Å².